The predicted molar refractivity (Wildman–Crippen MR) is 61.9 cm³/mol. The van der Waals surface area contributed by atoms with Gasteiger partial charge in [-0.05, 0) is 41.4 Å². The van der Waals surface area contributed by atoms with Crippen LogP contribution in [0.2, 0.25) is 0 Å². The largest absolute Gasteiger partial charge is 0.314 e. The minimum Gasteiger partial charge on any atom is -0.314 e. The lowest BCUT2D eigenvalue weighted by atomic mass is 10.0. The van der Waals surface area contributed by atoms with Gasteiger partial charge in [0.2, 0.25) is 0 Å². The molecule has 1 aliphatic heterocycles. The van der Waals surface area contributed by atoms with Crippen molar-refractivity contribution in [2.24, 2.45) is 0 Å². The van der Waals surface area contributed by atoms with Crippen LogP contribution in [0.1, 0.15) is 25.0 Å². The summed E-state index contributed by atoms with van der Waals surface area (Å²) in [6.45, 7) is 1.09. The molecular formula is C10H14BrN3O. The van der Waals surface area contributed by atoms with Crippen molar-refractivity contribution < 1.29 is 0 Å². The summed E-state index contributed by atoms with van der Waals surface area (Å²) in [7, 11) is 0. The van der Waals surface area contributed by atoms with Gasteiger partial charge in [-0.2, -0.15) is 5.10 Å². The molecule has 4 nitrogen and oxygen atoms in total. The van der Waals surface area contributed by atoms with E-state index in [0.717, 1.165) is 18.7 Å². The van der Waals surface area contributed by atoms with Gasteiger partial charge in [0.1, 0.15) is 0 Å². The zero-order valence-corrected chi connectivity index (χ0v) is 10.0. The first-order chi connectivity index (χ1) is 7.25. The van der Waals surface area contributed by atoms with Crippen molar-refractivity contribution in [1.29, 1.82) is 0 Å². The van der Waals surface area contributed by atoms with E-state index in [1.54, 1.807) is 6.07 Å². The third kappa shape index (κ3) is 2.89. The number of nitrogens with one attached hydrogen (secondary N) is 2. The van der Waals surface area contributed by atoms with E-state index >= 15 is 0 Å². The van der Waals surface area contributed by atoms with Crippen LogP contribution >= 0.6 is 15.9 Å². The van der Waals surface area contributed by atoms with Crippen molar-refractivity contribution in [3.63, 3.8) is 0 Å². The van der Waals surface area contributed by atoms with E-state index in [2.05, 4.69) is 31.4 Å². The molecule has 2 rings (SSSR count). The fourth-order valence-corrected chi connectivity index (χ4v) is 2.23. The first kappa shape index (κ1) is 10.8. The van der Waals surface area contributed by atoms with Crippen molar-refractivity contribution >= 4 is 15.9 Å². The minimum atomic E-state index is -0.171. The molecule has 0 aliphatic carbocycles. The topological polar surface area (TPSA) is 57.8 Å². The number of hydrogen-bond donors (Lipinski definition) is 2. The van der Waals surface area contributed by atoms with Gasteiger partial charge < -0.3 is 5.32 Å². The maximum atomic E-state index is 11.1. The number of aromatic amines is 1. The Balaban J connectivity index is 2.03. The molecule has 1 fully saturated rings. The van der Waals surface area contributed by atoms with Crippen LogP contribution in [-0.4, -0.2) is 22.8 Å². The molecule has 1 saturated heterocycles. The molecule has 5 heteroatoms. The predicted octanol–water partition coefficient (Wildman–Crippen LogP) is 1.22. The molecule has 0 spiro atoms. The summed E-state index contributed by atoms with van der Waals surface area (Å²) in [6, 6.07) is 2.30. The van der Waals surface area contributed by atoms with E-state index in [4.69, 9.17) is 0 Å². The molecule has 0 bridgehead atoms. The molecule has 2 N–H and O–H groups in total. The van der Waals surface area contributed by atoms with Crippen LogP contribution in [0.5, 0.6) is 0 Å². The Kier molecular flexibility index (Phi) is 3.53. The highest BCUT2D eigenvalue weighted by Gasteiger charge is 2.14. The molecule has 1 aromatic heterocycles. The molecule has 0 radical (unpaired) electrons. The second kappa shape index (κ2) is 4.90. The fraction of sp³-hybridized carbons (Fsp3) is 0.600. The Morgan fingerprint density at radius 2 is 2.40 bits per heavy atom. The van der Waals surface area contributed by atoms with E-state index in [0.29, 0.717) is 10.5 Å². The van der Waals surface area contributed by atoms with Gasteiger partial charge in [-0.3, -0.25) is 4.79 Å². The molecule has 1 unspecified atom stereocenters. The van der Waals surface area contributed by atoms with E-state index < -0.39 is 0 Å². The van der Waals surface area contributed by atoms with Crippen molar-refractivity contribution in [2.75, 3.05) is 6.54 Å². The third-order valence-electron chi connectivity index (χ3n) is 2.68. The van der Waals surface area contributed by atoms with Crippen molar-refractivity contribution in [3.8, 4) is 0 Å². The zero-order chi connectivity index (χ0) is 10.7. The number of aromatic nitrogens is 2. The Labute approximate surface area is 96.6 Å². The van der Waals surface area contributed by atoms with Crippen molar-refractivity contribution in [3.05, 3.63) is 26.6 Å². The maximum absolute atomic E-state index is 11.1. The standard InChI is InChI=1S/C10H14BrN3O/c11-9-6-8(13-14-10(9)15)5-7-3-1-2-4-12-7/h6-7,12H,1-5H2,(H,14,15). The number of rotatable bonds is 2. The summed E-state index contributed by atoms with van der Waals surface area (Å²) >= 11 is 3.21. The number of halogens is 1. The third-order valence-corrected chi connectivity index (χ3v) is 3.27. The fourth-order valence-electron chi connectivity index (χ4n) is 1.88. The molecule has 1 aliphatic rings. The van der Waals surface area contributed by atoms with E-state index in [1.807, 2.05) is 0 Å². The van der Waals surface area contributed by atoms with Crippen LogP contribution in [0.3, 0.4) is 0 Å². The molecule has 0 aromatic carbocycles. The van der Waals surface area contributed by atoms with Crippen LogP contribution in [0.4, 0.5) is 0 Å². The van der Waals surface area contributed by atoms with Gasteiger partial charge in [0.05, 0.1) is 10.2 Å². The lowest BCUT2D eigenvalue weighted by Gasteiger charge is -2.22. The van der Waals surface area contributed by atoms with E-state index in [1.165, 1.54) is 19.3 Å². The van der Waals surface area contributed by atoms with E-state index in [9.17, 15) is 4.79 Å². The van der Waals surface area contributed by atoms with Crippen LogP contribution in [0, 0.1) is 0 Å². The summed E-state index contributed by atoms with van der Waals surface area (Å²) in [4.78, 5) is 11.1. The molecule has 1 aromatic rings. The average molecular weight is 272 g/mol. The van der Waals surface area contributed by atoms with Crippen LogP contribution in [0.25, 0.3) is 0 Å². The van der Waals surface area contributed by atoms with Gasteiger partial charge >= 0.3 is 0 Å². The highest BCUT2D eigenvalue weighted by atomic mass is 79.9. The lowest BCUT2D eigenvalue weighted by Crippen LogP contribution is -2.36. The Hall–Kier alpha value is -0.680. The normalized spacial score (nSPS) is 21.5. The highest BCUT2D eigenvalue weighted by molar-refractivity contribution is 9.10. The first-order valence-corrected chi connectivity index (χ1v) is 6.02. The Morgan fingerprint density at radius 1 is 1.53 bits per heavy atom. The Morgan fingerprint density at radius 3 is 3.07 bits per heavy atom. The number of H-pyrrole nitrogens is 1. The minimum absolute atomic E-state index is 0.171. The second-order valence-corrected chi connectivity index (χ2v) is 4.74. The van der Waals surface area contributed by atoms with Gasteiger partial charge in [0.15, 0.2) is 0 Å². The summed E-state index contributed by atoms with van der Waals surface area (Å²) in [5, 5.41) is 9.96. The molecule has 2 heterocycles. The maximum Gasteiger partial charge on any atom is 0.278 e. The molecule has 0 amide bonds. The summed E-state index contributed by atoms with van der Waals surface area (Å²) < 4.78 is 0.559. The van der Waals surface area contributed by atoms with Crippen LogP contribution in [0.15, 0.2) is 15.3 Å². The molecular weight excluding hydrogens is 258 g/mol. The van der Waals surface area contributed by atoms with Crippen molar-refractivity contribution in [1.82, 2.24) is 15.5 Å². The van der Waals surface area contributed by atoms with Gasteiger partial charge in [-0.15, -0.1) is 0 Å². The quantitative estimate of drug-likeness (QED) is 0.851. The smallest absolute Gasteiger partial charge is 0.278 e. The zero-order valence-electron chi connectivity index (χ0n) is 8.42. The average Bonchev–Trinajstić information content (AvgIpc) is 2.25. The van der Waals surface area contributed by atoms with Crippen molar-refractivity contribution in [2.45, 2.75) is 31.7 Å². The number of nitrogens with zero attached hydrogens (tertiary/aromatic N) is 1. The SMILES string of the molecule is O=c1[nH]nc(CC2CCCCN2)cc1Br. The Bertz CT molecular complexity index is 384. The number of piperidine rings is 1. The summed E-state index contributed by atoms with van der Waals surface area (Å²) in [6.07, 6.45) is 4.62. The molecule has 0 saturated carbocycles. The molecule has 15 heavy (non-hydrogen) atoms. The van der Waals surface area contributed by atoms with E-state index in [-0.39, 0.29) is 5.56 Å². The highest BCUT2D eigenvalue weighted by Crippen LogP contribution is 2.12. The number of hydrogen-bond acceptors (Lipinski definition) is 3. The molecule has 1 atom stereocenters. The van der Waals surface area contributed by atoms with Crippen LogP contribution < -0.4 is 10.9 Å². The second-order valence-electron chi connectivity index (χ2n) is 3.89. The van der Waals surface area contributed by atoms with Gasteiger partial charge in [-0.1, -0.05) is 6.42 Å². The molecule has 82 valence electrons. The van der Waals surface area contributed by atoms with Gasteiger partial charge in [0, 0.05) is 12.5 Å². The lowest BCUT2D eigenvalue weighted by molar-refractivity contribution is 0.396. The first-order valence-electron chi connectivity index (χ1n) is 5.23. The van der Waals surface area contributed by atoms with Crippen LogP contribution in [-0.2, 0) is 6.42 Å². The summed E-state index contributed by atoms with van der Waals surface area (Å²) in [5.41, 5.74) is 0.760. The monoisotopic (exact) mass is 271 g/mol. The van der Waals surface area contributed by atoms with Gasteiger partial charge in [0.25, 0.3) is 5.56 Å². The van der Waals surface area contributed by atoms with Gasteiger partial charge in [-0.25, -0.2) is 5.10 Å². The summed E-state index contributed by atoms with van der Waals surface area (Å²) in [5.74, 6) is 0.